The van der Waals surface area contributed by atoms with Gasteiger partial charge in [0.2, 0.25) is 0 Å². The number of carbonyl (C=O) groups excluding carboxylic acids is 2. The van der Waals surface area contributed by atoms with Crippen LogP contribution in [0.25, 0.3) is 16.8 Å². The molecule has 0 aliphatic rings. The van der Waals surface area contributed by atoms with Crippen LogP contribution < -0.4 is 10.6 Å². The molecule has 0 saturated heterocycles. The maximum absolute atomic E-state index is 13.2. The quantitative estimate of drug-likeness (QED) is 0.287. The first-order valence-corrected chi connectivity index (χ1v) is 11.1. The average molecular weight is 496 g/mol. The molecule has 0 atom stereocenters. The van der Waals surface area contributed by atoms with Crippen LogP contribution in [0.4, 0.5) is 5.69 Å². The largest absolute Gasteiger partial charge is 0.321 e. The molecule has 0 aromatic heterocycles. The highest BCUT2D eigenvalue weighted by molar-refractivity contribution is 6.37. The number of carbonyl (C=O) groups is 2. The second kappa shape index (κ2) is 10.1. The number of hydrogen-bond acceptors (Lipinski definition) is 2. The molecule has 0 spiro atoms. The summed E-state index contributed by atoms with van der Waals surface area (Å²) in [6.45, 7) is 0. The van der Waals surface area contributed by atoms with Crippen molar-refractivity contribution < 1.29 is 9.59 Å². The summed E-state index contributed by atoms with van der Waals surface area (Å²) in [5.74, 6) is -1.02. The van der Waals surface area contributed by atoms with Gasteiger partial charge in [-0.1, -0.05) is 77.3 Å². The van der Waals surface area contributed by atoms with Crippen molar-refractivity contribution in [2.24, 2.45) is 0 Å². The van der Waals surface area contributed by atoms with Gasteiger partial charge in [-0.2, -0.15) is 0 Å². The summed E-state index contributed by atoms with van der Waals surface area (Å²) in [4.78, 5) is 26.0. The van der Waals surface area contributed by atoms with Gasteiger partial charge >= 0.3 is 0 Å². The topological polar surface area (TPSA) is 58.2 Å². The third-order valence-electron chi connectivity index (χ3n) is 4.86. The van der Waals surface area contributed by atoms with Crippen molar-refractivity contribution in [2.75, 3.05) is 5.32 Å². The Morgan fingerprint density at radius 2 is 1.42 bits per heavy atom. The summed E-state index contributed by atoms with van der Waals surface area (Å²) in [5.41, 5.74) is 1.52. The lowest BCUT2D eigenvalue weighted by Crippen LogP contribution is -2.31. The molecule has 4 rings (SSSR count). The summed E-state index contributed by atoms with van der Waals surface area (Å²) in [6.07, 6.45) is 1.56. The smallest absolute Gasteiger partial charge is 0.272 e. The highest BCUT2D eigenvalue weighted by Gasteiger charge is 2.17. The van der Waals surface area contributed by atoms with Crippen LogP contribution in [0, 0.1) is 0 Å². The molecule has 0 aliphatic carbocycles. The predicted molar refractivity (Wildman–Crippen MR) is 136 cm³/mol. The SMILES string of the molecule is O=C(Nc1ccc2ccccc2c1)/C(=C/c1ccc(Cl)cc1)NC(=O)c1ccc(Cl)cc1Cl. The van der Waals surface area contributed by atoms with Crippen LogP contribution in [-0.4, -0.2) is 11.8 Å². The number of anilines is 1. The van der Waals surface area contributed by atoms with E-state index in [-0.39, 0.29) is 16.3 Å². The lowest BCUT2D eigenvalue weighted by molar-refractivity contribution is -0.113. The van der Waals surface area contributed by atoms with E-state index in [9.17, 15) is 9.59 Å². The lowest BCUT2D eigenvalue weighted by atomic mass is 10.1. The van der Waals surface area contributed by atoms with Gasteiger partial charge in [-0.05, 0) is 64.9 Å². The van der Waals surface area contributed by atoms with Crippen molar-refractivity contribution in [2.45, 2.75) is 0 Å². The minimum absolute atomic E-state index is 0.0431. The molecule has 0 fully saturated rings. The summed E-state index contributed by atoms with van der Waals surface area (Å²) < 4.78 is 0. The summed E-state index contributed by atoms with van der Waals surface area (Å²) in [6, 6.07) is 24.8. The van der Waals surface area contributed by atoms with Gasteiger partial charge in [0, 0.05) is 15.7 Å². The Morgan fingerprint density at radius 3 is 2.15 bits per heavy atom. The van der Waals surface area contributed by atoms with Gasteiger partial charge in [0.25, 0.3) is 11.8 Å². The van der Waals surface area contributed by atoms with Crippen molar-refractivity contribution in [1.29, 1.82) is 0 Å². The fraction of sp³-hybridized carbons (Fsp3) is 0. The van der Waals surface area contributed by atoms with Gasteiger partial charge in [0.05, 0.1) is 10.6 Å². The predicted octanol–water partition coefficient (Wildman–Crippen LogP) is 7.21. The van der Waals surface area contributed by atoms with Crippen molar-refractivity contribution >= 4 is 69.2 Å². The third-order valence-corrected chi connectivity index (χ3v) is 5.66. The zero-order valence-corrected chi connectivity index (χ0v) is 19.4. The molecule has 0 aliphatic heterocycles. The average Bonchev–Trinajstić information content (AvgIpc) is 2.80. The van der Waals surface area contributed by atoms with Gasteiger partial charge in [0.1, 0.15) is 5.70 Å². The molecular formula is C26H17Cl3N2O2. The molecule has 2 amide bonds. The van der Waals surface area contributed by atoms with Gasteiger partial charge in [0.15, 0.2) is 0 Å². The number of fused-ring (bicyclic) bond motifs is 1. The van der Waals surface area contributed by atoms with Crippen molar-refractivity contribution in [3.05, 3.63) is 117 Å². The molecule has 4 aromatic rings. The molecule has 7 heteroatoms. The van der Waals surface area contributed by atoms with Gasteiger partial charge in [-0.3, -0.25) is 9.59 Å². The Kier molecular flexibility index (Phi) is 6.99. The highest BCUT2D eigenvalue weighted by atomic mass is 35.5. The molecule has 0 unspecified atom stereocenters. The van der Waals surface area contributed by atoms with Crippen molar-refractivity contribution in [3.8, 4) is 0 Å². The standard InChI is InChI=1S/C26H17Cl3N2O2/c27-19-8-5-16(6-9-19)13-24(31-25(32)22-12-10-20(28)15-23(22)29)26(33)30-21-11-7-17-3-1-2-4-18(17)14-21/h1-15H,(H,30,33)(H,31,32)/b24-13-. The molecular weight excluding hydrogens is 479 g/mol. The molecule has 33 heavy (non-hydrogen) atoms. The zero-order chi connectivity index (χ0) is 23.4. The van der Waals surface area contributed by atoms with E-state index >= 15 is 0 Å². The molecule has 0 heterocycles. The van der Waals surface area contributed by atoms with E-state index in [4.69, 9.17) is 34.8 Å². The minimum atomic E-state index is -0.537. The van der Waals surface area contributed by atoms with E-state index in [2.05, 4.69) is 10.6 Å². The summed E-state index contributed by atoms with van der Waals surface area (Å²) >= 11 is 18.1. The Bertz CT molecular complexity index is 1380. The molecule has 0 saturated carbocycles. The Morgan fingerprint density at radius 1 is 0.727 bits per heavy atom. The van der Waals surface area contributed by atoms with Crippen LogP contribution in [-0.2, 0) is 4.79 Å². The van der Waals surface area contributed by atoms with Crippen LogP contribution in [0.1, 0.15) is 15.9 Å². The van der Waals surface area contributed by atoms with E-state index in [1.165, 1.54) is 12.1 Å². The zero-order valence-electron chi connectivity index (χ0n) is 17.1. The van der Waals surface area contributed by atoms with Gasteiger partial charge in [-0.15, -0.1) is 0 Å². The first-order valence-electron chi connectivity index (χ1n) is 9.93. The van der Waals surface area contributed by atoms with Crippen LogP contribution in [0.3, 0.4) is 0 Å². The monoisotopic (exact) mass is 494 g/mol. The van der Waals surface area contributed by atoms with Crippen LogP contribution in [0.2, 0.25) is 15.1 Å². The Labute approximate surface area is 205 Å². The maximum Gasteiger partial charge on any atom is 0.272 e. The minimum Gasteiger partial charge on any atom is -0.321 e. The molecule has 4 aromatic carbocycles. The number of rotatable bonds is 5. The van der Waals surface area contributed by atoms with Crippen molar-refractivity contribution in [1.82, 2.24) is 5.32 Å². The summed E-state index contributed by atoms with van der Waals surface area (Å²) in [7, 11) is 0. The summed E-state index contributed by atoms with van der Waals surface area (Å²) in [5, 5.41) is 8.69. The van der Waals surface area contributed by atoms with E-state index in [0.29, 0.717) is 21.3 Å². The number of halogens is 3. The van der Waals surface area contributed by atoms with Crippen LogP contribution >= 0.6 is 34.8 Å². The highest BCUT2D eigenvalue weighted by Crippen LogP contribution is 2.22. The van der Waals surface area contributed by atoms with E-state index in [1.54, 1.807) is 42.5 Å². The van der Waals surface area contributed by atoms with Crippen LogP contribution in [0.5, 0.6) is 0 Å². The Balaban J connectivity index is 1.64. The van der Waals surface area contributed by atoms with E-state index in [0.717, 1.165) is 10.8 Å². The molecule has 4 nitrogen and oxygen atoms in total. The first-order chi connectivity index (χ1) is 15.9. The normalized spacial score (nSPS) is 11.3. The molecule has 0 bridgehead atoms. The fourth-order valence-corrected chi connectivity index (χ4v) is 3.83. The Hall–Kier alpha value is -3.31. The van der Waals surface area contributed by atoms with Gasteiger partial charge in [-0.25, -0.2) is 0 Å². The van der Waals surface area contributed by atoms with E-state index < -0.39 is 11.8 Å². The maximum atomic E-state index is 13.2. The van der Waals surface area contributed by atoms with Crippen molar-refractivity contribution in [3.63, 3.8) is 0 Å². The lowest BCUT2D eigenvalue weighted by Gasteiger charge is -2.13. The van der Waals surface area contributed by atoms with E-state index in [1.807, 2.05) is 36.4 Å². The number of nitrogens with one attached hydrogen (secondary N) is 2. The number of amides is 2. The fourth-order valence-electron chi connectivity index (χ4n) is 3.21. The third kappa shape index (κ3) is 5.74. The molecule has 2 N–H and O–H groups in total. The first kappa shape index (κ1) is 22.9. The second-order valence-electron chi connectivity index (χ2n) is 7.20. The second-order valence-corrected chi connectivity index (χ2v) is 8.48. The number of hydrogen-bond donors (Lipinski definition) is 2. The number of benzene rings is 4. The van der Waals surface area contributed by atoms with Crippen LogP contribution in [0.15, 0.2) is 90.6 Å². The van der Waals surface area contributed by atoms with Gasteiger partial charge < -0.3 is 10.6 Å². The molecule has 0 radical (unpaired) electrons. The molecule has 164 valence electrons.